The van der Waals surface area contributed by atoms with Crippen LogP contribution in [-0.2, 0) is 0 Å². The third-order valence-electron chi connectivity index (χ3n) is 8.84. The molecule has 5 heterocycles. The van der Waals surface area contributed by atoms with Crippen molar-refractivity contribution in [3.8, 4) is 17.2 Å². The highest BCUT2D eigenvalue weighted by molar-refractivity contribution is 7.80. The first kappa shape index (κ1) is 27.1. The van der Waals surface area contributed by atoms with Crippen LogP contribution < -0.4 is 24.6 Å². The highest BCUT2D eigenvalue weighted by Gasteiger charge is 2.42. The number of nitrogens with one attached hydrogen (secondary N) is 1. The zero-order valence-electron chi connectivity index (χ0n) is 24.0. The number of fused-ring (bicyclic) bond motifs is 1. The van der Waals surface area contributed by atoms with E-state index in [0.717, 1.165) is 69.7 Å². The van der Waals surface area contributed by atoms with E-state index in [1.165, 1.54) is 18.4 Å². The number of piperidine rings is 1. The third kappa shape index (κ3) is 4.67. The molecule has 3 aliphatic heterocycles. The molecule has 42 heavy (non-hydrogen) atoms. The first-order valence-corrected chi connectivity index (χ1v) is 15.3. The maximum absolute atomic E-state index is 6.99. The summed E-state index contributed by atoms with van der Waals surface area (Å²) >= 11 is 13.0. The van der Waals surface area contributed by atoms with Gasteiger partial charge in [0, 0.05) is 48.1 Å². The Morgan fingerprint density at radius 2 is 1.74 bits per heavy atom. The van der Waals surface area contributed by atoms with E-state index in [2.05, 4.69) is 76.9 Å². The molecule has 1 N–H and O–H groups in total. The number of aromatic nitrogens is 2. The van der Waals surface area contributed by atoms with E-state index >= 15 is 0 Å². The normalized spacial score (nSPS) is 20.3. The molecular weight excluding hydrogens is 566 g/mol. The van der Waals surface area contributed by atoms with E-state index in [1.807, 2.05) is 30.5 Å². The van der Waals surface area contributed by atoms with E-state index in [0.29, 0.717) is 5.11 Å². The summed E-state index contributed by atoms with van der Waals surface area (Å²) in [6.07, 6.45) is 4.21. The molecule has 9 heteroatoms. The largest absolute Gasteiger partial charge is 0.454 e. The number of hydrogen-bond acceptors (Lipinski definition) is 5. The minimum atomic E-state index is -0.147. The minimum Gasteiger partial charge on any atom is -0.454 e. The van der Waals surface area contributed by atoms with Crippen molar-refractivity contribution in [2.75, 3.05) is 29.7 Å². The first-order chi connectivity index (χ1) is 20.4. The van der Waals surface area contributed by atoms with E-state index in [-0.39, 0.29) is 18.9 Å². The van der Waals surface area contributed by atoms with Crippen LogP contribution in [0.3, 0.4) is 0 Å². The molecule has 2 fully saturated rings. The highest BCUT2D eigenvalue weighted by Crippen LogP contribution is 2.45. The Hall–Kier alpha value is -3.75. The molecule has 0 aliphatic carbocycles. The minimum absolute atomic E-state index is 0.140. The molecule has 0 radical (unpaired) electrons. The fourth-order valence-electron chi connectivity index (χ4n) is 6.61. The number of hydrogen-bond donors (Lipinski definition) is 1. The van der Waals surface area contributed by atoms with Crippen LogP contribution in [0.25, 0.3) is 5.69 Å². The number of benzene rings is 2. The van der Waals surface area contributed by atoms with Gasteiger partial charge in [-0.15, -0.1) is 0 Å². The number of halogens is 1. The Morgan fingerprint density at radius 3 is 2.50 bits per heavy atom. The van der Waals surface area contributed by atoms with E-state index in [9.17, 15) is 0 Å². The van der Waals surface area contributed by atoms with Gasteiger partial charge in [0.1, 0.15) is 0 Å². The zero-order valence-corrected chi connectivity index (χ0v) is 25.6. The average Bonchev–Trinajstić information content (AvgIpc) is 3.68. The lowest BCUT2D eigenvalue weighted by molar-refractivity contribution is 0.174. The summed E-state index contributed by atoms with van der Waals surface area (Å²) in [4.78, 5) is 9.34. The predicted molar refractivity (Wildman–Crippen MR) is 171 cm³/mol. The topological polar surface area (TPSA) is 54.8 Å². The maximum atomic E-state index is 6.99. The maximum Gasteiger partial charge on any atom is 0.231 e. The Balaban J connectivity index is 1.31. The fourth-order valence-corrected chi connectivity index (χ4v) is 7.25. The van der Waals surface area contributed by atoms with Crippen LogP contribution in [0.15, 0.2) is 66.9 Å². The predicted octanol–water partition coefficient (Wildman–Crippen LogP) is 7.28. The lowest BCUT2D eigenvalue weighted by atomic mass is 9.96. The first-order valence-electron chi connectivity index (χ1n) is 14.5. The Labute approximate surface area is 257 Å². The van der Waals surface area contributed by atoms with Gasteiger partial charge < -0.3 is 29.2 Å². The van der Waals surface area contributed by atoms with Gasteiger partial charge in [0.05, 0.1) is 28.5 Å². The molecule has 0 unspecified atom stereocenters. The van der Waals surface area contributed by atoms with Crippen molar-refractivity contribution in [1.82, 2.24) is 14.9 Å². The van der Waals surface area contributed by atoms with Gasteiger partial charge in [-0.2, -0.15) is 0 Å². The summed E-state index contributed by atoms with van der Waals surface area (Å²) in [6.45, 7) is 8.92. The molecular formula is C33H34ClN5O2S. The number of aryl methyl sites for hydroxylation is 1. The monoisotopic (exact) mass is 599 g/mol. The van der Waals surface area contributed by atoms with Crippen LogP contribution in [0.5, 0.6) is 11.5 Å². The van der Waals surface area contributed by atoms with Crippen molar-refractivity contribution in [2.24, 2.45) is 5.92 Å². The molecule has 2 atom stereocenters. The molecule has 216 valence electrons. The van der Waals surface area contributed by atoms with Crippen molar-refractivity contribution >= 4 is 40.3 Å². The van der Waals surface area contributed by atoms with Crippen LogP contribution in [0.1, 0.15) is 54.5 Å². The van der Waals surface area contributed by atoms with Crippen LogP contribution in [0.2, 0.25) is 5.02 Å². The zero-order chi connectivity index (χ0) is 29.0. The number of nitrogens with zero attached hydrogens (tertiary/aromatic N) is 4. The molecule has 0 spiro atoms. The lowest BCUT2D eigenvalue weighted by Gasteiger charge is -2.33. The second-order valence-corrected chi connectivity index (χ2v) is 12.3. The van der Waals surface area contributed by atoms with Gasteiger partial charge in [-0.3, -0.25) is 4.98 Å². The van der Waals surface area contributed by atoms with Gasteiger partial charge in [0.2, 0.25) is 6.79 Å². The average molecular weight is 600 g/mol. The molecule has 7 rings (SSSR count). The van der Waals surface area contributed by atoms with E-state index in [4.69, 9.17) is 38.3 Å². The van der Waals surface area contributed by atoms with Crippen LogP contribution in [0, 0.1) is 19.8 Å². The highest BCUT2D eigenvalue weighted by atomic mass is 35.5. The van der Waals surface area contributed by atoms with Crippen molar-refractivity contribution < 1.29 is 9.47 Å². The third-order valence-corrected chi connectivity index (χ3v) is 9.45. The molecule has 3 aliphatic rings. The van der Waals surface area contributed by atoms with Crippen molar-refractivity contribution in [3.05, 3.63) is 94.5 Å². The molecule has 4 aromatic rings. The lowest BCUT2D eigenvalue weighted by Crippen LogP contribution is -2.33. The Kier molecular flexibility index (Phi) is 6.98. The summed E-state index contributed by atoms with van der Waals surface area (Å²) in [5.41, 5.74) is 7.42. The van der Waals surface area contributed by atoms with Crippen LogP contribution in [-0.4, -0.2) is 34.5 Å². The molecule has 2 saturated heterocycles. The van der Waals surface area contributed by atoms with E-state index in [1.54, 1.807) is 0 Å². The van der Waals surface area contributed by atoms with Crippen LogP contribution in [0.4, 0.5) is 11.4 Å². The second kappa shape index (κ2) is 10.8. The van der Waals surface area contributed by atoms with Gasteiger partial charge in [-0.25, -0.2) is 0 Å². The number of ether oxygens (including phenoxy) is 2. The molecule has 2 aromatic carbocycles. The van der Waals surface area contributed by atoms with Gasteiger partial charge in [0.15, 0.2) is 16.6 Å². The van der Waals surface area contributed by atoms with Gasteiger partial charge in [-0.05, 0) is 98.9 Å². The summed E-state index contributed by atoms with van der Waals surface area (Å²) in [5.74, 6) is 2.29. The number of pyridine rings is 1. The van der Waals surface area contributed by atoms with E-state index < -0.39 is 0 Å². The SMILES string of the molecule is Cc1cc([C@H]2[C@@H](c3ccccn3)NC(=S)N2c2ccc(N3CCC(C)CC3)c(Cl)c2)c(C)n1-c1ccc2c(c1)OCO2. The fraction of sp³-hybridized carbons (Fsp3) is 0.333. The molecule has 7 nitrogen and oxygen atoms in total. The van der Waals surface area contributed by atoms with Gasteiger partial charge >= 0.3 is 0 Å². The quantitative estimate of drug-likeness (QED) is 0.242. The van der Waals surface area contributed by atoms with Crippen molar-refractivity contribution in [2.45, 2.75) is 45.7 Å². The van der Waals surface area contributed by atoms with Crippen molar-refractivity contribution in [3.63, 3.8) is 0 Å². The van der Waals surface area contributed by atoms with Gasteiger partial charge in [-0.1, -0.05) is 24.6 Å². The Morgan fingerprint density at radius 1 is 0.952 bits per heavy atom. The molecule has 0 saturated carbocycles. The van der Waals surface area contributed by atoms with Crippen LogP contribution >= 0.6 is 23.8 Å². The molecule has 0 bridgehead atoms. The Bertz CT molecular complexity index is 1650. The molecule has 0 amide bonds. The summed E-state index contributed by atoms with van der Waals surface area (Å²) in [7, 11) is 0. The van der Waals surface area contributed by atoms with Crippen molar-refractivity contribution in [1.29, 1.82) is 0 Å². The van der Waals surface area contributed by atoms with Gasteiger partial charge in [0.25, 0.3) is 0 Å². The summed E-state index contributed by atoms with van der Waals surface area (Å²) in [6, 6.07) is 20.4. The number of thiocarbonyl (C=S) groups is 1. The summed E-state index contributed by atoms with van der Waals surface area (Å²) in [5, 5.41) is 4.99. The smallest absolute Gasteiger partial charge is 0.231 e. The molecule has 2 aromatic heterocycles. The summed E-state index contributed by atoms with van der Waals surface area (Å²) < 4.78 is 13.5. The second-order valence-electron chi connectivity index (χ2n) is 11.5. The number of rotatable bonds is 5. The standard InChI is InChI=1S/C33H34ClN5O2S/c1-20-11-14-37(15-12-20)28-9-7-23(17-26(28)34)39-32(31(36-33(39)42)27-6-4-5-13-35-27)25-16-21(2)38(22(25)3)24-8-10-29-30(18-24)41-19-40-29/h4-10,13,16-18,20,31-32H,11-12,14-15,19H2,1-3H3,(H,36,42)/t31-,32+/m1/s1. The number of anilines is 2.